The maximum atomic E-state index is 12.3. The lowest BCUT2D eigenvalue weighted by molar-refractivity contribution is 0.0629. The van der Waals surface area contributed by atoms with Crippen molar-refractivity contribution in [3.63, 3.8) is 0 Å². The van der Waals surface area contributed by atoms with Crippen molar-refractivity contribution in [2.45, 2.75) is 42.0 Å². The maximum absolute atomic E-state index is 12.3. The van der Waals surface area contributed by atoms with E-state index in [-0.39, 0.29) is 6.10 Å². The fourth-order valence-electron chi connectivity index (χ4n) is 2.66. The van der Waals surface area contributed by atoms with Gasteiger partial charge in [0, 0.05) is 6.61 Å². The van der Waals surface area contributed by atoms with Crippen molar-refractivity contribution >= 4 is 21.4 Å². The molecular weight excluding hydrogens is 270 g/mol. The highest BCUT2D eigenvalue weighted by Crippen LogP contribution is 2.43. The zero-order valence-corrected chi connectivity index (χ0v) is 11.9. The third kappa shape index (κ3) is 2.22. The van der Waals surface area contributed by atoms with Crippen LogP contribution in [0.1, 0.15) is 26.2 Å². The second kappa shape index (κ2) is 4.30. The molecule has 0 bridgehead atoms. The summed E-state index contributed by atoms with van der Waals surface area (Å²) in [4.78, 5) is 0. The zero-order valence-electron chi connectivity index (χ0n) is 10.3. The minimum atomic E-state index is -3.41. The molecule has 4 nitrogen and oxygen atoms in total. The SMILES string of the molecule is CC1(NS(=O)(=O)c2cccs2)CCOC1C1CC1. The third-order valence-electron chi connectivity index (χ3n) is 3.72. The minimum absolute atomic E-state index is 0.0345. The van der Waals surface area contributed by atoms with Gasteiger partial charge in [-0.3, -0.25) is 0 Å². The summed E-state index contributed by atoms with van der Waals surface area (Å²) in [5.74, 6) is 0.531. The van der Waals surface area contributed by atoms with Crippen LogP contribution >= 0.6 is 11.3 Å². The van der Waals surface area contributed by atoms with E-state index in [0.29, 0.717) is 16.7 Å². The van der Waals surface area contributed by atoms with Crippen LogP contribution in [0.15, 0.2) is 21.7 Å². The van der Waals surface area contributed by atoms with E-state index in [2.05, 4.69) is 4.72 Å². The van der Waals surface area contributed by atoms with Crippen LogP contribution in [-0.4, -0.2) is 26.7 Å². The van der Waals surface area contributed by atoms with Crippen LogP contribution in [0.4, 0.5) is 0 Å². The van der Waals surface area contributed by atoms with E-state index in [9.17, 15) is 8.42 Å². The predicted molar refractivity (Wildman–Crippen MR) is 70.1 cm³/mol. The Balaban J connectivity index is 1.83. The summed E-state index contributed by atoms with van der Waals surface area (Å²) in [7, 11) is -3.41. The van der Waals surface area contributed by atoms with Crippen LogP contribution in [0, 0.1) is 5.92 Å². The van der Waals surface area contributed by atoms with Gasteiger partial charge in [-0.05, 0) is 43.6 Å². The molecule has 2 unspecified atom stereocenters. The summed E-state index contributed by atoms with van der Waals surface area (Å²) in [5, 5.41) is 1.78. The smallest absolute Gasteiger partial charge is 0.250 e. The molecule has 3 rings (SSSR count). The number of hydrogen-bond acceptors (Lipinski definition) is 4. The molecule has 1 N–H and O–H groups in total. The molecule has 2 aliphatic rings. The van der Waals surface area contributed by atoms with E-state index in [0.717, 1.165) is 19.3 Å². The molecule has 1 aromatic heterocycles. The summed E-state index contributed by atoms with van der Waals surface area (Å²) < 4.78 is 33.5. The molecule has 2 fully saturated rings. The molecule has 6 heteroatoms. The highest BCUT2D eigenvalue weighted by Gasteiger charge is 2.50. The fourth-order valence-corrected chi connectivity index (χ4v) is 5.10. The Labute approximate surface area is 111 Å². The zero-order chi connectivity index (χ0) is 12.8. The molecular formula is C12H17NO3S2. The first-order valence-corrected chi connectivity index (χ1v) is 8.57. The number of ether oxygens (including phenoxy) is 1. The lowest BCUT2D eigenvalue weighted by Gasteiger charge is -2.30. The summed E-state index contributed by atoms with van der Waals surface area (Å²) in [5.41, 5.74) is -0.454. The average Bonchev–Trinajstić information content (AvgIpc) is 2.83. The van der Waals surface area contributed by atoms with Gasteiger partial charge in [0.1, 0.15) is 4.21 Å². The van der Waals surface area contributed by atoms with Gasteiger partial charge in [0.05, 0.1) is 11.6 Å². The van der Waals surface area contributed by atoms with Gasteiger partial charge in [0.25, 0.3) is 10.0 Å². The van der Waals surface area contributed by atoms with Crippen molar-refractivity contribution in [2.24, 2.45) is 5.92 Å². The second-order valence-corrected chi connectivity index (χ2v) is 8.19. The molecule has 0 amide bonds. The molecule has 1 aliphatic heterocycles. The molecule has 1 aromatic rings. The van der Waals surface area contributed by atoms with Gasteiger partial charge in [-0.2, -0.15) is 0 Å². The lowest BCUT2D eigenvalue weighted by Crippen LogP contribution is -2.52. The fraction of sp³-hybridized carbons (Fsp3) is 0.667. The molecule has 2 heterocycles. The molecule has 1 saturated carbocycles. The van der Waals surface area contributed by atoms with E-state index >= 15 is 0 Å². The van der Waals surface area contributed by atoms with Gasteiger partial charge in [0.2, 0.25) is 0 Å². The van der Waals surface area contributed by atoms with Crippen molar-refractivity contribution in [3.05, 3.63) is 17.5 Å². The highest BCUT2D eigenvalue weighted by atomic mass is 32.2. The van der Waals surface area contributed by atoms with Crippen LogP contribution in [0.2, 0.25) is 0 Å². The largest absolute Gasteiger partial charge is 0.376 e. The van der Waals surface area contributed by atoms with Gasteiger partial charge in [-0.25, -0.2) is 13.1 Å². The Bertz CT molecular complexity index is 522. The first kappa shape index (κ1) is 12.6. The quantitative estimate of drug-likeness (QED) is 0.921. The van der Waals surface area contributed by atoms with Crippen molar-refractivity contribution in [1.82, 2.24) is 4.72 Å². The van der Waals surface area contributed by atoms with Crippen LogP contribution in [0.5, 0.6) is 0 Å². The van der Waals surface area contributed by atoms with Crippen LogP contribution in [-0.2, 0) is 14.8 Å². The number of nitrogens with one attached hydrogen (secondary N) is 1. The first-order valence-electron chi connectivity index (χ1n) is 6.20. The minimum Gasteiger partial charge on any atom is -0.376 e. The van der Waals surface area contributed by atoms with E-state index < -0.39 is 15.6 Å². The van der Waals surface area contributed by atoms with Gasteiger partial charge in [-0.1, -0.05) is 6.07 Å². The van der Waals surface area contributed by atoms with E-state index in [4.69, 9.17) is 4.74 Å². The molecule has 1 saturated heterocycles. The normalized spacial score (nSPS) is 32.8. The number of sulfonamides is 1. The molecule has 2 atom stereocenters. The van der Waals surface area contributed by atoms with Crippen LogP contribution < -0.4 is 4.72 Å². The standard InChI is InChI=1S/C12H17NO3S2/c1-12(6-7-16-11(12)9-4-5-9)13-18(14,15)10-3-2-8-17-10/h2-3,8-9,11,13H,4-7H2,1H3. The molecule has 1 aliphatic carbocycles. The number of hydrogen-bond donors (Lipinski definition) is 1. The maximum Gasteiger partial charge on any atom is 0.250 e. The van der Waals surface area contributed by atoms with Gasteiger partial charge < -0.3 is 4.74 Å². The molecule has 0 radical (unpaired) electrons. The Morgan fingerprint density at radius 1 is 1.50 bits per heavy atom. The highest BCUT2D eigenvalue weighted by molar-refractivity contribution is 7.91. The molecule has 18 heavy (non-hydrogen) atoms. The number of thiophene rings is 1. The Morgan fingerprint density at radius 2 is 2.28 bits per heavy atom. The summed E-state index contributed by atoms with van der Waals surface area (Å²) in [6, 6.07) is 3.39. The summed E-state index contributed by atoms with van der Waals surface area (Å²) >= 11 is 1.25. The third-order valence-corrected chi connectivity index (χ3v) is 6.73. The monoisotopic (exact) mass is 287 g/mol. The van der Waals surface area contributed by atoms with Gasteiger partial charge in [0.15, 0.2) is 0 Å². The molecule has 0 spiro atoms. The van der Waals surface area contributed by atoms with Gasteiger partial charge in [-0.15, -0.1) is 11.3 Å². The van der Waals surface area contributed by atoms with Crippen molar-refractivity contribution in [3.8, 4) is 0 Å². The van der Waals surface area contributed by atoms with Crippen LogP contribution in [0.25, 0.3) is 0 Å². The first-order chi connectivity index (χ1) is 8.51. The van der Waals surface area contributed by atoms with Crippen molar-refractivity contribution in [1.29, 1.82) is 0 Å². The Hall–Kier alpha value is -0.430. The Kier molecular flexibility index (Phi) is 3.01. The van der Waals surface area contributed by atoms with Crippen molar-refractivity contribution in [2.75, 3.05) is 6.61 Å². The molecule has 0 aromatic carbocycles. The average molecular weight is 287 g/mol. The van der Waals surface area contributed by atoms with E-state index in [1.54, 1.807) is 17.5 Å². The predicted octanol–water partition coefficient (Wildman–Crippen LogP) is 1.98. The molecule has 100 valence electrons. The van der Waals surface area contributed by atoms with Gasteiger partial charge >= 0.3 is 0 Å². The lowest BCUT2D eigenvalue weighted by atomic mass is 9.92. The number of rotatable bonds is 4. The second-order valence-electron chi connectivity index (χ2n) is 5.33. The van der Waals surface area contributed by atoms with Crippen LogP contribution in [0.3, 0.4) is 0 Å². The van der Waals surface area contributed by atoms with E-state index in [1.165, 1.54) is 11.3 Å². The van der Waals surface area contributed by atoms with Crippen molar-refractivity contribution < 1.29 is 13.2 Å². The summed E-state index contributed by atoms with van der Waals surface area (Å²) in [6.07, 6.45) is 3.09. The van der Waals surface area contributed by atoms with E-state index in [1.807, 2.05) is 6.92 Å². The Morgan fingerprint density at radius 3 is 2.89 bits per heavy atom. The topological polar surface area (TPSA) is 55.4 Å². The summed E-state index contributed by atoms with van der Waals surface area (Å²) in [6.45, 7) is 2.61.